The first kappa shape index (κ1) is 22.4. The van der Waals surface area contributed by atoms with Crippen molar-refractivity contribution in [2.24, 2.45) is 13.0 Å². The molecule has 1 aromatic carbocycles. The molecule has 12 heteroatoms. The molecule has 0 spiro atoms. The predicted octanol–water partition coefficient (Wildman–Crippen LogP) is 2.50. The molecule has 4 rings (SSSR count). The van der Waals surface area contributed by atoms with Gasteiger partial charge in [-0.3, -0.25) is 14.2 Å². The number of halogens is 2. The summed E-state index contributed by atoms with van der Waals surface area (Å²) in [4.78, 5) is 12.9. The monoisotopic (exact) mass is 480 g/mol. The van der Waals surface area contributed by atoms with Gasteiger partial charge in [-0.25, -0.2) is 12.8 Å². The highest BCUT2D eigenvalue weighted by Crippen LogP contribution is 2.26. The van der Waals surface area contributed by atoms with Crippen LogP contribution in [0.3, 0.4) is 0 Å². The molecule has 3 aromatic rings. The van der Waals surface area contributed by atoms with Crippen LogP contribution in [0.4, 0.5) is 10.2 Å². The molecule has 0 saturated carbocycles. The van der Waals surface area contributed by atoms with Crippen LogP contribution in [0.25, 0.3) is 0 Å². The van der Waals surface area contributed by atoms with Gasteiger partial charge in [0.15, 0.2) is 5.82 Å². The number of nitrogens with zero attached hydrogens (tertiary/aromatic N) is 5. The lowest BCUT2D eigenvalue weighted by Crippen LogP contribution is -2.43. The highest BCUT2D eigenvalue weighted by atomic mass is 35.5. The summed E-state index contributed by atoms with van der Waals surface area (Å²) in [7, 11) is -2.10. The van der Waals surface area contributed by atoms with Crippen LogP contribution in [0.5, 0.6) is 0 Å². The van der Waals surface area contributed by atoms with E-state index in [1.54, 1.807) is 25.2 Å². The lowest BCUT2D eigenvalue weighted by atomic mass is 9.99. The third kappa shape index (κ3) is 4.69. The fraction of sp³-hybridized carbons (Fsp3) is 0.350. The number of aromatic nitrogens is 4. The molecule has 9 nitrogen and oxygen atoms in total. The number of rotatable bonds is 6. The van der Waals surface area contributed by atoms with Crippen molar-refractivity contribution in [2.75, 3.05) is 18.4 Å². The van der Waals surface area contributed by atoms with Crippen molar-refractivity contribution in [3.63, 3.8) is 0 Å². The Labute approximate surface area is 189 Å². The summed E-state index contributed by atoms with van der Waals surface area (Å²) in [5.74, 6) is -1.13. The first-order chi connectivity index (χ1) is 15.2. The quantitative estimate of drug-likeness (QED) is 0.584. The molecular weight excluding hydrogens is 459 g/mol. The zero-order valence-electron chi connectivity index (χ0n) is 17.3. The minimum atomic E-state index is -3.73. The number of nitrogens with one attached hydrogen (secondary N) is 1. The van der Waals surface area contributed by atoms with Gasteiger partial charge in [0.1, 0.15) is 15.7 Å². The average Bonchev–Trinajstić information content (AvgIpc) is 3.35. The molecule has 170 valence electrons. The molecule has 1 N–H and O–H groups in total. The van der Waals surface area contributed by atoms with Crippen molar-refractivity contribution < 1.29 is 17.6 Å². The van der Waals surface area contributed by atoms with Gasteiger partial charge in [0.25, 0.3) is 0 Å². The number of hydrogen-bond donors (Lipinski definition) is 1. The van der Waals surface area contributed by atoms with E-state index in [9.17, 15) is 17.6 Å². The van der Waals surface area contributed by atoms with Crippen LogP contribution in [0.2, 0.25) is 5.02 Å². The molecule has 1 saturated heterocycles. The molecule has 0 bridgehead atoms. The van der Waals surface area contributed by atoms with Crippen molar-refractivity contribution in [1.82, 2.24) is 23.9 Å². The van der Waals surface area contributed by atoms with Crippen molar-refractivity contribution in [3.05, 3.63) is 59.3 Å². The van der Waals surface area contributed by atoms with Crippen LogP contribution >= 0.6 is 11.6 Å². The second kappa shape index (κ2) is 9.00. The molecule has 0 unspecified atom stereocenters. The van der Waals surface area contributed by atoms with E-state index in [2.05, 4.69) is 15.5 Å². The van der Waals surface area contributed by atoms with Gasteiger partial charge in [0.2, 0.25) is 15.9 Å². The summed E-state index contributed by atoms with van der Waals surface area (Å²) in [6.07, 6.45) is 5.32. The summed E-state index contributed by atoms with van der Waals surface area (Å²) in [5.41, 5.74) is 0.438. The number of sulfonamides is 1. The standard InChI is InChI=1S/C20H22ClFN6O3S/c1-26-12-16(9-23-26)32(30,31)28-8-4-6-15(11-28)20(29)24-19-17(21)13-27(25-19)10-14-5-2-3-7-18(14)22/h2-3,5,7,9,12-13,15H,4,6,8,10-11H2,1H3,(H,24,25,29)/t15-/m0/s1. The first-order valence-corrected chi connectivity index (χ1v) is 11.8. The Morgan fingerprint density at radius 2 is 2.09 bits per heavy atom. The molecule has 1 atom stereocenters. The molecular formula is C20H22ClFN6O3S. The fourth-order valence-corrected chi connectivity index (χ4v) is 5.35. The maximum Gasteiger partial charge on any atom is 0.246 e. The normalized spacial score (nSPS) is 17.4. The topological polar surface area (TPSA) is 102 Å². The minimum absolute atomic E-state index is 0.0522. The number of carbonyl (C=O) groups excluding carboxylic acids is 1. The number of carbonyl (C=O) groups is 1. The molecule has 0 radical (unpaired) electrons. The highest BCUT2D eigenvalue weighted by molar-refractivity contribution is 7.89. The summed E-state index contributed by atoms with van der Waals surface area (Å²) >= 11 is 6.21. The smallest absolute Gasteiger partial charge is 0.246 e. The highest BCUT2D eigenvalue weighted by Gasteiger charge is 2.34. The van der Waals surface area contributed by atoms with Crippen LogP contribution in [0.1, 0.15) is 18.4 Å². The number of anilines is 1. The molecule has 1 aliphatic rings. The van der Waals surface area contributed by atoms with Gasteiger partial charge in [-0.05, 0) is 18.9 Å². The van der Waals surface area contributed by atoms with Crippen LogP contribution in [0, 0.1) is 11.7 Å². The molecule has 1 fully saturated rings. The van der Waals surface area contributed by atoms with E-state index in [-0.39, 0.29) is 40.5 Å². The largest absolute Gasteiger partial charge is 0.308 e. The second-order valence-corrected chi connectivity index (χ2v) is 10.0. The van der Waals surface area contributed by atoms with E-state index in [4.69, 9.17) is 11.6 Å². The molecule has 2 aromatic heterocycles. The van der Waals surface area contributed by atoms with Crippen LogP contribution in [0.15, 0.2) is 47.8 Å². The lowest BCUT2D eigenvalue weighted by Gasteiger charge is -2.30. The van der Waals surface area contributed by atoms with Crippen molar-refractivity contribution >= 4 is 33.3 Å². The Kier molecular flexibility index (Phi) is 6.31. The van der Waals surface area contributed by atoms with E-state index in [1.807, 2.05) is 0 Å². The van der Waals surface area contributed by atoms with E-state index in [0.717, 1.165) is 0 Å². The number of piperidine rings is 1. The summed E-state index contributed by atoms with van der Waals surface area (Å²) < 4.78 is 43.8. The Balaban J connectivity index is 1.44. The SMILES string of the molecule is Cn1cc(S(=O)(=O)N2CCC[C@H](C(=O)Nc3nn(Cc4ccccc4F)cc3Cl)C2)cn1. The van der Waals surface area contributed by atoms with Crippen LogP contribution < -0.4 is 5.32 Å². The Morgan fingerprint density at radius 1 is 1.31 bits per heavy atom. The van der Waals surface area contributed by atoms with Gasteiger partial charge in [0.05, 0.1) is 18.7 Å². The van der Waals surface area contributed by atoms with E-state index in [1.165, 1.54) is 38.3 Å². The summed E-state index contributed by atoms with van der Waals surface area (Å²) in [6, 6.07) is 6.32. The van der Waals surface area contributed by atoms with Crippen molar-refractivity contribution in [1.29, 1.82) is 0 Å². The maximum absolute atomic E-state index is 13.9. The van der Waals surface area contributed by atoms with Gasteiger partial charge >= 0.3 is 0 Å². The number of hydrogen-bond acceptors (Lipinski definition) is 5. The van der Waals surface area contributed by atoms with E-state index >= 15 is 0 Å². The lowest BCUT2D eigenvalue weighted by molar-refractivity contribution is -0.120. The minimum Gasteiger partial charge on any atom is -0.308 e. The second-order valence-electron chi connectivity index (χ2n) is 7.66. The van der Waals surface area contributed by atoms with Crippen molar-refractivity contribution in [2.45, 2.75) is 24.3 Å². The molecule has 1 aliphatic heterocycles. The third-order valence-corrected chi connectivity index (χ3v) is 7.42. The zero-order chi connectivity index (χ0) is 22.9. The maximum atomic E-state index is 13.9. The molecule has 1 amide bonds. The van der Waals surface area contributed by atoms with Gasteiger partial charge in [0, 0.05) is 38.1 Å². The van der Waals surface area contributed by atoms with Gasteiger partial charge in [-0.1, -0.05) is 29.8 Å². The van der Waals surface area contributed by atoms with Gasteiger partial charge in [-0.2, -0.15) is 14.5 Å². The molecule has 32 heavy (non-hydrogen) atoms. The fourth-order valence-electron chi connectivity index (χ4n) is 3.64. The number of aryl methyl sites for hydroxylation is 1. The Bertz CT molecular complexity index is 1240. The van der Waals surface area contributed by atoms with E-state index < -0.39 is 15.9 Å². The number of benzene rings is 1. The Hall–Kier alpha value is -2.76. The molecule has 3 heterocycles. The summed E-state index contributed by atoms with van der Waals surface area (Å²) in [5, 5.41) is 11.1. The van der Waals surface area contributed by atoms with Gasteiger partial charge < -0.3 is 5.32 Å². The predicted molar refractivity (Wildman–Crippen MR) is 116 cm³/mol. The average molecular weight is 481 g/mol. The Morgan fingerprint density at radius 3 is 2.81 bits per heavy atom. The zero-order valence-corrected chi connectivity index (χ0v) is 18.9. The van der Waals surface area contributed by atoms with Crippen LogP contribution in [-0.2, 0) is 28.4 Å². The van der Waals surface area contributed by atoms with E-state index in [0.29, 0.717) is 24.9 Å². The van der Waals surface area contributed by atoms with Gasteiger partial charge in [-0.15, -0.1) is 0 Å². The molecule has 0 aliphatic carbocycles. The van der Waals surface area contributed by atoms with Crippen molar-refractivity contribution in [3.8, 4) is 0 Å². The van der Waals surface area contributed by atoms with Crippen LogP contribution in [-0.4, -0.2) is 51.3 Å². The first-order valence-electron chi connectivity index (χ1n) is 10.00. The third-order valence-electron chi connectivity index (χ3n) is 5.32. The number of amides is 1. The summed E-state index contributed by atoms with van der Waals surface area (Å²) in [6.45, 7) is 0.540.